The third kappa shape index (κ3) is 4.51. The number of carbonyl (C=O) groups excluding carboxylic acids is 1. The molecule has 1 amide bonds. The second kappa shape index (κ2) is 9.01. The Labute approximate surface area is 185 Å². The number of hydrogen-bond acceptors (Lipinski definition) is 5. The Balaban J connectivity index is 1.28. The van der Waals surface area contributed by atoms with E-state index in [-0.39, 0.29) is 28.9 Å². The zero-order valence-electron chi connectivity index (χ0n) is 16.3. The number of thiazole rings is 1. The van der Waals surface area contributed by atoms with Crippen LogP contribution in [0.3, 0.4) is 0 Å². The van der Waals surface area contributed by atoms with Crippen molar-refractivity contribution in [1.29, 1.82) is 0 Å². The van der Waals surface area contributed by atoms with Gasteiger partial charge in [-0.15, -0.1) is 11.3 Å². The van der Waals surface area contributed by atoms with Crippen LogP contribution in [-0.4, -0.2) is 54.7 Å². The maximum Gasteiger partial charge on any atom is 0.244 e. The number of benzene rings is 2. The molecule has 1 saturated heterocycles. The molecule has 4 rings (SSSR count). The summed E-state index contributed by atoms with van der Waals surface area (Å²) < 4.78 is 28.2. The molecule has 2 heterocycles. The Morgan fingerprint density at radius 2 is 1.73 bits per heavy atom. The van der Waals surface area contributed by atoms with Gasteiger partial charge in [0.25, 0.3) is 0 Å². The first kappa shape index (κ1) is 21.2. The summed E-state index contributed by atoms with van der Waals surface area (Å²) in [6, 6.07) is 14.5. The van der Waals surface area contributed by atoms with Crippen LogP contribution in [0, 0.1) is 0 Å². The molecular formula is C21H22ClN3O3S2. The van der Waals surface area contributed by atoms with Gasteiger partial charge in [0.15, 0.2) is 0 Å². The van der Waals surface area contributed by atoms with E-state index in [1.807, 2.05) is 18.2 Å². The van der Waals surface area contributed by atoms with E-state index in [9.17, 15) is 13.2 Å². The third-order valence-electron chi connectivity index (χ3n) is 5.17. The molecule has 0 aliphatic carbocycles. The molecule has 1 fully saturated rings. The lowest BCUT2D eigenvalue weighted by atomic mass is 10.2. The smallest absolute Gasteiger partial charge is 0.244 e. The SMILES string of the molecule is O=C(CCCc1nc2ccccc2s1)N1CCN(S(=O)(=O)c2ccccc2Cl)CC1. The van der Waals surface area contributed by atoms with Crippen molar-refractivity contribution in [2.75, 3.05) is 26.2 Å². The summed E-state index contributed by atoms with van der Waals surface area (Å²) in [6.07, 6.45) is 1.94. The van der Waals surface area contributed by atoms with E-state index < -0.39 is 10.0 Å². The van der Waals surface area contributed by atoms with Crippen molar-refractivity contribution in [3.05, 3.63) is 58.6 Å². The lowest BCUT2D eigenvalue weighted by Gasteiger charge is -2.34. The Morgan fingerprint density at radius 3 is 2.47 bits per heavy atom. The highest BCUT2D eigenvalue weighted by molar-refractivity contribution is 7.89. The fourth-order valence-electron chi connectivity index (χ4n) is 3.55. The van der Waals surface area contributed by atoms with Gasteiger partial charge in [-0.1, -0.05) is 35.9 Å². The highest BCUT2D eigenvalue weighted by Gasteiger charge is 2.31. The van der Waals surface area contributed by atoms with Crippen molar-refractivity contribution >= 4 is 49.1 Å². The van der Waals surface area contributed by atoms with Crippen molar-refractivity contribution in [1.82, 2.24) is 14.2 Å². The molecule has 0 spiro atoms. The van der Waals surface area contributed by atoms with E-state index in [2.05, 4.69) is 11.1 Å². The summed E-state index contributed by atoms with van der Waals surface area (Å²) in [4.78, 5) is 19.0. The van der Waals surface area contributed by atoms with Crippen LogP contribution in [0.4, 0.5) is 0 Å². The summed E-state index contributed by atoms with van der Waals surface area (Å²) >= 11 is 7.73. The predicted octanol–water partition coefficient (Wildman–Crippen LogP) is 3.81. The fourth-order valence-corrected chi connectivity index (χ4v) is 6.47. The van der Waals surface area contributed by atoms with Gasteiger partial charge in [0.05, 0.1) is 20.2 Å². The number of nitrogens with zero attached hydrogens (tertiary/aromatic N) is 3. The van der Waals surface area contributed by atoms with Crippen LogP contribution in [0.15, 0.2) is 53.4 Å². The predicted molar refractivity (Wildman–Crippen MR) is 119 cm³/mol. The van der Waals surface area contributed by atoms with Crippen molar-refractivity contribution < 1.29 is 13.2 Å². The number of sulfonamides is 1. The largest absolute Gasteiger partial charge is 0.340 e. The third-order valence-corrected chi connectivity index (χ3v) is 8.66. The van der Waals surface area contributed by atoms with Crippen LogP contribution < -0.4 is 0 Å². The highest BCUT2D eigenvalue weighted by Crippen LogP contribution is 2.25. The minimum absolute atomic E-state index is 0.0610. The molecule has 0 bridgehead atoms. The van der Waals surface area contributed by atoms with E-state index in [0.717, 1.165) is 28.1 Å². The average molecular weight is 464 g/mol. The molecule has 1 aliphatic heterocycles. The minimum Gasteiger partial charge on any atom is -0.340 e. The molecule has 3 aromatic rings. The molecule has 9 heteroatoms. The van der Waals surface area contributed by atoms with Crippen molar-refractivity contribution in [2.24, 2.45) is 0 Å². The van der Waals surface area contributed by atoms with Gasteiger partial charge in [-0.25, -0.2) is 13.4 Å². The van der Waals surface area contributed by atoms with E-state index in [4.69, 9.17) is 11.6 Å². The molecule has 1 aliphatic rings. The van der Waals surface area contributed by atoms with E-state index in [0.29, 0.717) is 19.5 Å². The molecule has 158 valence electrons. The number of amides is 1. The lowest BCUT2D eigenvalue weighted by molar-refractivity contribution is -0.132. The Bertz CT molecular complexity index is 1120. The van der Waals surface area contributed by atoms with Gasteiger partial charge >= 0.3 is 0 Å². The van der Waals surface area contributed by atoms with Crippen LogP contribution in [0.25, 0.3) is 10.2 Å². The van der Waals surface area contributed by atoms with Crippen molar-refractivity contribution in [3.8, 4) is 0 Å². The Morgan fingerprint density at radius 1 is 1.03 bits per heavy atom. The molecule has 0 radical (unpaired) electrons. The summed E-state index contributed by atoms with van der Waals surface area (Å²) in [7, 11) is -3.65. The lowest BCUT2D eigenvalue weighted by Crippen LogP contribution is -2.50. The number of para-hydroxylation sites is 1. The van der Waals surface area contributed by atoms with E-state index >= 15 is 0 Å². The van der Waals surface area contributed by atoms with Crippen LogP contribution in [0.2, 0.25) is 5.02 Å². The second-order valence-electron chi connectivity index (χ2n) is 7.14. The summed E-state index contributed by atoms with van der Waals surface area (Å²) in [5.74, 6) is 0.0610. The zero-order chi connectivity index (χ0) is 21.1. The number of aromatic nitrogens is 1. The van der Waals surface area contributed by atoms with Gasteiger partial charge in [-0.2, -0.15) is 4.31 Å². The minimum atomic E-state index is -3.65. The van der Waals surface area contributed by atoms with Crippen LogP contribution in [-0.2, 0) is 21.2 Å². The molecular weight excluding hydrogens is 442 g/mol. The first-order valence-electron chi connectivity index (χ1n) is 9.82. The maximum atomic E-state index is 12.8. The molecule has 1 aromatic heterocycles. The standard InChI is InChI=1S/C21H22ClN3O3S2/c22-16-6-1-4-9-19(16)30(27,28)25-14-12-24(13-15-25)21(26)11-5-10-20-23-17-7-2-3-8-18(17)29-20/h1-4,6-9H,5,10-15H2. The van der Waals surface area contributed by atoms with Crippen LogP contribution in [0.5, 0.6) is 0 Å². The van der Waals surface area contributed by atoms with Gasteiger partial charge in [-0.05, 0) is 37.1 Å². The Kier molecular flexibility index (Phi) is 6.38. The maximum absolute atomic E-state index is 12.8. The number of rotatable bonds is 6. The second-order valence-corrected chi connectivity index (χ2v) is 10.6. The summed E-state index contributed by atoms with van der Waals surface area (Å²) in [6.45, 7) is 1.33. The molecule has 0 atom stereocenters. The summed E-state index contributed by atoms with van der Waals surface area (Å²) in [5.41, 5.74) is 1.000. The van der Waals surface area contributed by atoms with E-state index in [1.54, 1.807) is 34.4 Å². The molecule has 30 heavy (non-hydrogen) atoms. The molecule has 0 saturated carbocycles. The van der Waals surface area contributed by atoms with Gasteiger partial charge in [0.2, 0.25) is 15.9 Å². The van der Waals surface area contributed by atoms with Crippen molar-refractivity contribution in [3.63, 3.8) is 0 Å². The highest BCUT2D eigenvalue weighted by atomic mass is 35.5. The quantitative estimate of drug-likeness (QED) is 0.557. The molecule has 0 unspecified atom stereocenters. The van der Waals surface area contributed by atoms with E-state index in [1.165, 1.54) is 10.4 Å². The number of carbonyl (C=O) groups is 1. The first-order valence-corrected chi connectivity index (χ1v) is 12.5. The monoisotopic (exact) mass is 463 g/mol. The van der Waals surface area contributed by atoms with Crippen LogP contribution >= 0.6 is 22.9 Å². The topological polar surface area (TPSA) is 70.6 Å². The van der Waals surface area contributed by atoms with Crippen LogP contribution in [0.1, 0.15) is 17.8 Å². The number of fused-ring (bicyclic) bond motifs is 1. The first-order chi connectivity index (χ1) is 14.4. The molecule has 0 N–H and O–H groups in total. The number of hydrogen-bond donors (Lipinski definition) is 0. The molecule has 2 aromatic carbocycles. The molecule has 6 nitrogen and oxygen atoms in total. The van der Waals surface area contributed by atoms with Crippen molar-refractivity contribution in [2.45, 2.75) is 24.2 Å². The van der Waals surface area contributed by atoms with Gasteiger partial charge in [0.1, 0.15) is 4.90 Å². The number of aryl methyl sites for hydroxylation is 1. The summed E-state index contributed by atoms with van der Waals surface area (Å²) in [5, 5.41) is 1.26. The number of piperazine rings is 1. The number of halogens is 1. The fraction of sp³-hybridized carbons (Fsp3) is 0.333. The van der Waals surface area contributed by atoms with Gasteiger partial charge in [0, 0.05) is 32.6 Å². The van der Waals surface area contributed by atoms with Gasteiger partial charge < -0.3 is 4.90 Å². The average Bonchev–Trinajstić information content (AvgIpc) is 3.17. The zero-order valence-corrected chi connectivity index (χ0v) is 18.7. The van der Waals surface area contributed by atoms with Gasteiger partial charge in [-0.3, -0.25) is 4.79 Å². The Hall–Kier alpha value is -2.00. The normalized spacial score (nSPS) is 15.6.